The highest BCUT2D eigenvalue weighted by Gasteiger charge is 2.36. The molecule has 2 aromatic heterocycles. The number of fused-ring (bicyclic) bond motifs is 1. The zero-order valence-electron chi connectivity index (χ0n) is 24.8. The summed E-state index contributed by atoms with van der Waals surface area (Å²) in [6.07, 6.45) is 5.77. The van der Waals surface area contributed by atoms with Crippen LogP contribution >= 0.6 is 0 Å². The number of piperazine rings is 1. The first-order chi connectivity index (χ1) is 21.2. The third kappa shape index (κ3) is 5.65. The molecular formula is C35H39N7O. The fourth-order valence-electron chi connectivity index (χ4n) is 7.15. The van der Waals surface area contributed by atoms with Crippen molar-refractivity contribution >= 4 is 10.9 Å². The Morgan fingerprint density at radius 1 is 0.767 bits per heavy atom. The third-order valence-corrected chi connectivity index (χ3v) is 9.32. The van der Waals surface area contributed by atoms with Crippen molar-refractivity contribution < 1.29 is 0 Å². The van der Waals surface area contributed by atoms with E-state index >= 15 is 0 Å². The number of hydrogen-bond acceptors (Lipinski definition) is 6. The van der Waals surface area contributed by atoms with Crippen LogP contribution in [0.1, 0.15) is 78.3 Å². The Labute approximate surface area is 252 Å². The lowest BCUT2D eigenvalue weighted by Crippen LogP contribution is -2.50. The molecule has 43 heavy (non-hydrogen) atoms. The molecule has 5 aromatic rings. The molecule has 1 N–H and O–H groups in total. The van der Waals surface area contributed by atoms with E-state index in [9.17, 15) is 4.79 Å². The van der Waals surface area contributed by atoms with Crippen LogP contribution < -0.4 is 5.56 Å². The maximum absolute atomic E-state index is 13.8. The van der Waals surface area contributed by atoms with Crippen molar-refractivity contribution in [3.8, 4) is 0 Å². The minimum absolute atomic E-state index is 0.0755. The second-order valence-electron chi connectivity index (χ2n) is 12.1. The monoisotopic (exact) mass is 573 g/mol. The minimum Gasteiger partial charge on any atom is -0.322 e. The number of nitrogens with one attached hydrogen (secondary N) is 1. The third-order valence-electron chi connectivity index (χ3n) is 9.32. The molecular weight excluding hydrogens is 534 g/mol. The van der Waals surface area contributed by atoms with Crippen molar-refractivity contribution in [3.05, 3.63) is 123 Å². The maximum atomic E-state index is 13.8. The van der Waals surface area contributed by atoms with E-state index in [4.69, 9.17) is 0 Å². The normalized spacial score (nSPS) is 17.9. The van der Waals surface area contributed by atoms with Gasteiger partial charge in [-0.1, -0.05) is 91.6 Å². The van der Waals surface area contributed by atoms with Crippen LogP contribution in [0.4, 0.5) is 0 Å². The first kappa shape index (κ1) is 27.7. The Morgan fingerprint density at radius 2 is 1.40 bits per heavy atom. The Kier molecular flexibility index (Phi) is 7.87. The number of benzene rings is 3. The molecule has 8 heteroatoms. The molecule has 8 nitrogen and oxygen atoms in total. The van der Waals surface area contributed by atoms with Crippen LogP contribution in [0.25, 0.3) is 10.9 Å². The van der Waals surface area contributed by atoms with Gasteiger partial charge in [0, 0.05) is 37.3 Å². The minimum atomic E-state index is -0.334. The topological polar surface area (TPSA) is 82.9 Å². The number of nitrogens with zero attached hydrogens (tertiary/aromatic N) is 6. The average molecular weight is 574 g/mol. The van der Waals surface area contributed by atoms with Crippen molar-refractivity contribution in [1.29, 1.82) is 0 Å². The fraction of sp³-hybridized carbons (Fsp3) is 0.371. The predicted octanol–water partition coefficient (Wildman–Crippen LogP) is 5.82. The number of rotatable bonds is 7. The maximum Gasteiger partial charge on any atom is 0.253 e. The standard InChI is InChI=1S/C35H39N7O/c1-25-17-18-31-28(23-25)24-30(35(43)36-31)33(34-37-38-39-42(34)29-15-9-4-10-16-29)41-21-19-40(20-22-41)32(26-11-5-2-6-12-26)27-13-7-3-8-14-27/h2-3,5-8,11-14,17-18,23-24,29,32-33H,4,9-10,15-16,19-22H2,1H3,(H,36,43)/t33-/m1/s1. The summed E-state index contributed by atoms with van der Waals surface area (Å²) >= 11 is 0. The van der Waals surface area contributed by atoms with Crippen LogP contribution in [0.3, 0.4) is 0 Å². The van der Waals surface area contributed by atoms with Gasteiger partial charge < -0.3 is 4.98 Å². The highest BCUT2D eigenvalue weighted by atomic mass is 16.1. The quantitative estimate of drug-likeness (QED) is 0.264. The summed E-state index contributed by atoms with van der Waals surface area (Å²) in [4.78, 5) is 21.9. The van der Waals surface area contributed by atoms with Gasteiger partial charge in [-0.05, 0) is 64.9 Å². The summed E-state index contributed by atoms with van der Waals surface area (Å²) in [6, 6.07) is 29.9. The fourth-order valence-corrected chi connectivity index (χ4v) is 7.15. The molecule has 1 aliphatic carbocycles. The molecule has 0 spiro atoms. The lowest BCUT2D eigenvalue weighted by Gasteiger charge is -2.42. The molecule has 1 aliphatic heterocycles. The van der Waals surface area contributed by atoms with Crippen LogP contribution in [-0.2, 0) is 0 Å². The lowest BCUT2D eigenvalue weighted by molar-refractivity contribution is 0.0845. The summed E-state index contributed by atoms with van der Waals surface area (Å²) < 4.78 is 2.03. The van der Waals surface area contributed by atoms with E-state index in [0.717, 1.165) is 61.3 Å². The number of hydrogen-bond donors (Lipinski definition) is 1. The predicted molar refractivity (Wildman–Crippen MR) is 169 cm³/mol. The highest BCUT2D eigenvalue weighted by Crippen LogP contribution is 2.35. The van der Waals surface area contributed by atoms with E-state index in [1.165, 1.54) is 30.4 Å². The van der Waals surface area contributed by atoms with E-state index in [1.54, 1.807) is 0 Å². The molecule has 0 bridgehead atoms. The summed E-state index contributed by atoms with van der Waals surface area (Å²) in [5, 5.41) is 14.4. The molecule has 3 heterocycles. The number of aryl methyl sites for hydroxylation is 1. The van der Waals surface area contributed by atoms with Gasteiger partial charge in [0.1, 0.15) is 6.04 Å². The van der Waals surface area contributed by atoms with Crippen LogP contribution in [0, 0.1) is 6.92 Å². The van der Waals surface area contributed by atoms with Crippen LogP contribution in [0.5, 0.6) is 0 Å². The molecule has 7 rings (SSSR count). The van der Waals surface area contributed by atoms with Crippen molar-refractivity contribution in [3.63, 3.8) is 0 Å². The molecule has 0 amide bonds. The number of H-pyrrole nitrogens is 1. The SMILES string of the molecule is Cc1ccc2[nH]c(=O)c([C@H](c3nnnn3C3CCCCC3)N3CCN(C(c4ccccc4)c4ccccc4)CC3)cc2c1. The zero-order chi connectivity index (χ0) is 29.2. The van der Waals surface area contributed by atoms with Gasteiger partial charge in [0.05, 0.1) is 12.1 Å². The van der Waals surface area contributed by atoms with Gasteiger partial charge in [0.2, 0.25) is 0 Å². The molecule has 1 saturated carbocycles. The Hall–Kier alpha value is -4.14. The molecule has 0 radical (unpaired) electrons. The Bertz CT molecular complexity index is 1680. The van der Waals surface area contributed by atoms with Gasteiger partial charge in [-0.3, -0.25) is 14.6 Å². The summed E-state index contributed by atoms with van der Waals surface area (Å²) in [5.74, 6) is 0.778. The van der Waals surface area contributed by atoms with E-state index in [2.05, 4.69) is 110 Å². The van der Waals surface area contributed by atoms with E-state index in [1.807, 2.05) is 16.8 Å². The second kappa shape index (κ2) is 12.2. The highest BCUT2D eigenvalue weighted by molar-refractivity contribution is 5.79. The summed E-state index contributed by atoms with van der Waals surface area (Å²) in [6.45, 7) is 5.40. The van der Waals surface area contributed by atoms with Gasteiger partial charge in [0.15, 0.2) is 5.82 Å². The second-order valence-corrected chi connectivity index (χ2v) is 12.1. The molecule has 2 aliphatic rings. The number of tetrazole rings is 1. The van der Waals surface area contributed by atoms with Crippen LogP contribution in [-0.4, -0.2) is 61.2 Å². The van der Waals surface area contributed by atoms with Gasteiger partial charge in [-0.2, -0.15) is 0 Å². The number of pyridine rings is 1. The van der Waals surface area contributed by atoms with E-state index in [0.29, 0.717) is 5.56 Å². The first-order valence-corrected chi connectivity index (χ1v) is 15.6. The van der Waals surface area contributed by atoms with Crippen molar-refractivity contribution in [2.45, 2.75) is 57.2 Å². The van der Waals surface area contributed by atoms with Gasteiger partial charge >= 0.3 is 0 Å². The molecule has 3 aromatic carbocycles. The lowest BCUT2D eigenvalue weighted by atomic mass is 9.94. The molecule has 1 saturated heterocycles. The van der Waals surface area contributed by atoms with Crippen LogP contribution in [0.2, 0.25) is 0 Å². The smallest absolute Gasteiger partial charge is 0.253 e. The first-order valence-electron chi connectivity index (χ1n) is 15.6. The van der Waals surface area contributed by atoms with Crippen molar-refractivity contribution in [1.82, 2.24) is 35.0 Å². The number of aromatic nitrogens is 5. The van der Waals surface area contributed by atoms with E-state index < -0.39 is 0 Å². The summed E-state index contributed by atoms with van der Waals surface area (Å²) in [5.41, 5.74) is 5.23. The van der Waals surface area contributed by atoms with Crippen LogP contribution in [0.15, 0.2) is 89.7 Å². The summed E-state index contributed by atoms with van der Waals surface area (Å²) in [7, 11) is 0. The molecule has 2 fully saturated rings. The Morgan fingerprint density at radius 3 is 2.05 bits per heavy atom. The molecule has 220 valence electrons. The van der Waals surface area contributed by atoms with Gasteiger partial charge in [0.25, 0.3) is 5.56 Å². The van der Waals surface area contributed by atoms with Crippen molar-refractivity contribution in [2.24, 2.45) is 0 Å². The van der Waals surface area contributed by atoms with Crippen molar-refractivity contribution in [2.75, 3.05) is 26.2 Å². The Balaban J connectivity index is 1.25. The molecule has 0 unspecified atom stereocenters. The molecule has 1 atom stereocenters. The average Bonchev–Trinajstić information content (AvgIpc) is 3.53. The number of aromatic amines is 1. The van der Waals surface area contributed by atoms with E-state index in [-0.39, 0.29) is 23.7 Å². The zero-order valence-corrected chi connectivity index (χ0v) is 24.8. The largest absolute Gasteiger partial charge is 0.322 e. The van der Waals surface area contributed by atoms with Gasteiger partial charge in [-0.25, -0.2) is 4.68 Å². The van der Waals surface area contributed by atoms with Gasteiger partial charge in [-0.15, -0.1) is 5.10 Å².